The Bertz CT molecular complexity index is 1050. The zero-order valence-electron chi connectivity index (χ0n) is 16.7. The van der Waals surface area contributed by atoms with E-state index < -0.39 is 12.8 Å². The number of carbonyl (C=O) groups is 1. The van der Waals surface area contributed by atoms with Crippen molar-refractivity contribution in [3.05, 3.63) is 47.7 Å². The van der Waals surface area contributed by atoms with Crippen molar-refractivity contribution < 1.29 is 31.9 Å². The van der Waals surface area contributed by atoms with Gasteiger partial charge in [0.2, 0.25) is 5.95 Å². The number of aromatic nitrogens is 3. The third-order valence-corrected chi connectivity index (χ3v) is 3.98. The second-order valence-corrected chi connectivity index (χ2v) is 6.44. The molecular weight excluding hydrogens is 417 g/mol. The minimum atomic E-state index is -4.44. The van der Waals surface area contributed by atoms with Gasteiger partial charge in [-0.1, -0.05) is 0 Å². The number of halogens is 3. The monoisotopic (exact) mass is 436 g/mol. The normalized spacial score (nSPS) is 11.4. The maximum Gasteiger partial charge on any atom is 0.411 e. The van der Waals surface area contributed by atoms with Gasteiger partial charge >= 0.3 is 6.18 Å². The van der Waals surface area contributed by atoms with E-state index in [0.717, 1.165) is 0 Å². The molecule has 0 radical (unpaired) electrons. The summed E-state index contributed by atoms with van der Waals surface area (Å²) in [5.74, 6) is 1.66. The first-order chi connectivity index (χ1) is 14.8. The maximum atomic E-state index is 12.3. The van der Waals surface area contributed by atoms with Gasteiger partial charge in [0, 0.05) is 25.1 Å². The zero-order chi connectivity index (χ0) is 22.4. The molecule has 1 aromatic carbocycles. The summed E-state index contributed by atoms with van der Waals surface area (Å²) in [6.07, 6.45) is -2.24. The summed E-state index contributed by atoms with van der Waals surface area (Å²) < 4.78 is 52.5. The third kappa shape index (κ3) is 6.25. The molecule has 3 aromatic rings. The molecule has 0 atom stereocenters. The number of anilines is 2. The van der Waals surface area contributed by atoms with E-state index in [1.807, 2.05) is 0 Å². The van der Waals surface area contributed by atoms with E-state index in [2.05, 4.69) is 25.0 Å². The van der Waals surface area contributed by atoms with Gasteiger partial charge in [0.05, 0.1) is 36.9 Å². The van der Waals surface area contributed by atoms with Gasteiger partial charge in [0.15, 0.2) is 11.7 Å². The third-order valence-electron chi connectivity index (χ3n) is 3.98. The highest BCUT2D eigenvalue weighted by atomic mass is 19.4. The summed E-state index contributed by atoms with van der Waals surface area (Å²) >= 11 is 0. The average molecular weight is 436 g/mol. The van der Waals surface area contributed by atoms with E-state index in [0.29, 0.717) is 40.6 Å². The summed E-state index contributed by atoms with van der Waals surface area (Å²) in [6.45, 7) is -0.0518. The predicted octanol–water partition coefficient (Wildman–Crippen LogP) is 4.01. The number of ether oxygens (including phenoxy) is 2. The Morgan fingerprint density at radius 1 is 1.19 bits per heavy atom. The number of hydrogen-bond donors (Lipinski definition) is 1. The largest absolute Gasteiger partial charge is 0.496 e. The van der Waals surface area contributed by atoms with Gasteiger partial charge in [0.1, 0.15) is 18.6 Å². The van der Waals surface area contributed by atoms with E-state index in [4.69, 9.17) is 9.15 Å². The van der Waals surface area contributed by atoms with E-state index in [9.17, 15) is 18.0 Å². The number of benzene rings is 1. The Kier molecular flexibility index (Phi) is 6.85. The molecule has 1 N–H and O–H groups in total. The highest BCUT2D eigenvalue weighted by Gasteiger charge is 2.27. The molecule has 3 rings (SSSR count). The molecule has 0 aliphatic heterocycles. The molecule has 2 aromatic heterocycles. The summed E-state index contributed by atoms with van der Waals surface area (Å²) in [5.41, 5.74) is 1.80. The van der Waals surface area contributed by atoms with Gasteiger partial charge in [-0.15, -0.1) is 0 Å². The molecule has 0 amide bonds. The van der Waals surface area contributed by atoms with Gasteiger partial charge in [-0.3, -0.25) is 0 Å². The molecule has 0 saturated heterocycles. The first kappa shape index (κ1) is 22.2. The smallest absolute Gasteiger partial charge is 0.411 e. The molecule has 0 aliphatic carbocycles. The number of carbonyl (C=O) groups excluding carboxylic acids is 1. The molecule has 31 heavy (non-hydrogen) atoms. The molecule has 0 spiro atoms. The number of aldehydes is 1. The van der Waals surface area contributed by atoms with Crippen molar-refractivity contribution in [1.82, 2.24) is 15.0 Å². The first-order valence-corrected chi connectivity index (χ1v) is 9.10. The van der Waals surface area contributed by atoms with Crippen LogP contribution in [0.5, 0.6) is 5.75 Å². The number of aryl methyl sites for hydroxylation is 1. The molecule has 0 saturated carbocycles. The van der Waals surface area contributed by atoms with Crippen LogP contribution in [0, 0.1) is 6.92 Å². The SMILES string of the molecule is COc1cc(Nc2nc(CC=O)cc(COCC(F)(F)F)n2)ccc1-c1cnc(C)o1. The fourth-order valence-electron chi connectivity index (χ4n) is 2.73. The lowest BCUT2D eigenvalue weighted by Crippen LogP contribution is -2.17. The molecule has 8 nitrogen and oxygen atoms in total. The fourth-order valence-corrected chi connectivity index (χ4v) is 2.73. The van der Waals surface area contributed by atoms with Crippen LogP contribution in [0.3, 0.4) is 0 Å². The summed E-state index contributed by atoms with van der Waals surface area (Å²) in [4.78, 5) is 23.3. The molecule has 0 bridgehead atoms. The Morgan fingerprint density at radius 3 is 2.61 bits per heavy atom. The number of methoxy groups -OCH3 is 1. The second kappa shape index (κ2) is 9.56. The van der Waals surface area contributed by atoms with Gasteiger partial charge in [0.25, 0.3) is 0 Å². The Morgan fingerprint density at radius 2 is 1.97 bits per heavy atom. The first-order valence-electron chi connectivity index (χ1n) is 9.10. The van der Waals surface area contributed by atoms with Gasteiger partial charge in [-0.2, -0.15) is 13.2 Å². The zero-order valence-corrected chi connectivity index (χ0v) is 16.7. The van der Waals surface area contributed by atoms with Crippen molar-refractivity contribution in [3.8, 4) is 17.1 Å². The van der Waals surface area contributed by atoms with Gasteiger partial charge in [-0.25, -0.2) is 15.0 Å². The molecule has 0 unspecified atom stereocenters. The molecule has 0 fully saturated rings. The van der Waals surface area contributed by atoms with Crippen LogP contribution in [-0.4, -0.2) is 41.1 Å². The number of rotatable bonds is 9. The number of nitrogens with zero attached hydrogens (tertiary/aromatic N) is 3. The van der Waals surface area contributed by atoms with Crippen LogP contribution in [0.15, 0.2) is 34.9 Å². The topological polar surface area (TPSA) is 99.4 Å². The van der Waals surface area contributed by atoms with Crippen LogP contribution in [0.25, 0.3) is 11.3 Å². The van der Waals surface area contributed by atoms with Crippen LogP contribution < -0.4 is 10.1 Å². The van der Waals surface area contributed by atoms with Gasteiger partial charge < -0.3 is 24.0 Å². The number of hydrogen-bond acceptors (Lipinski definition) is 8. The average Bonchev–Trinajstić information content (AvgIpc) is 3.13. The summed E-state index contributed by atoms with van der Waals surface area (Å²) in [5, 5.41) is 2.97. The van der Waals surface area contributed by atoms with Crippen molar-refractivity contribution >= 4 is 17.9 Å². The lowest BCUT2D eigenvalue weighted by atomic mass is 10.1. The quantitative estimate of drug-likeness (QED) is 0.503. The summed E-state index contributed by atoms with van der Waals surface area (Å²) in [7, 11) is 1.50. The van der Waals surface area contributed by atoms with E-state index in [1.54, 1.807) is 31.3 Å². The van der Waals surface area contributed by atoms with Crippen molar-refractivity contribution in [2.24, 2.45) is 0 Å². The van der Waals surface area contributed by atoms with Crippen molar-refractivity contribution in [1.29, 1.82) is 0 Å². The highest BCUT2D eigenvalue weighted by molar-refractivity contribution is 5.71. The molecule has 164 valence electrons. The molecule has 11 heteroatoms. The number of oxazole rings is 1. The van der Waals surface area contributed by atoms with E-state index in [1.165, 1.54) is 13.2 Å². The fraction of sp³-hybridized carbons (Fsp3) is 0.300. The van der Waals surface area contributed by atoms with Crippen molar-refractivity contribution in [3.63, 3.8) is 0 Å². The Balaban J connectivity index is 1.82. The molecule has 2 heterocycles. The lowest BCUT2D eigenvalue weighted by Gasteiger charge is -2.12. The summed E-state index contributed by atoms with van der Waals surface area (Å²) in [6, 6.07) is 6.59. The van der Waals surface area contributed by atoms with Crippen molar-refractivity contribution in [2.45, 2.75) is 26.1 Å². The van der Waals surface area contributed by atoms with E-state index in [-0.39, 0.29) is 24.7 Å². The van der Waals surface area contributed by atoms with Crippen LogP contribution in [0.1, 0.15) is 17.3 Å². The highest BCUT2D eigenvalue weighted by Crippen LogP contribution is 2.33. The van der Waals surface area contributed by atoms with Crippen LogP contribution in [-0.2, 0) is 22.6 Å². The van der Waals surface area contributed by atoms with Crippen LogP contribution in [0.4, 0.5) is 24.8 Å². The second-order valence-electron chi connectivity index (χ2n) is 6.44. The standard InChI is InChI=1S/C20H19F3N4O4/c1-12-24-9-18(31-12)16-4-3-13(8-17(16)29-2)25-19-26-14(5-6-28)7-15(27-19)10-30-11-20(21,22)23/h3-4,6-9H,5,10-11H2,1-2H3,(H,25,26,27). The number of nitrogens with one attached hydrogen (secondary N) is 1. The van der Waals surface area contributed by atoms with E-state index >= 15 is 0 Å². The Hall–Kier alpha value is -3.47. The van der Waals surface area contributed by atoms with Gasteiger partial charge in [-0.05, 0) is 18.2 Å². The minimum absolute atomic E-state index is 0.0173. The maximum absolute atomic E-state index is 12.3. The lowest BCUT2D eigenvalue weighted by molar-refractivity contribution is -0.176. The minimum Gasteiger partial charge on any atom is -0.496 e. The van der Waals surface area contributed by atoms with Crippen LogP contribution >= 0.6 is 0 Å². The molecule has 0 aliphatic rings. The van der Waals surface area contributed by atoms with Crippen molar-refractivity contribution in [2.75, 3.05) is 19.0 Å². The van der Waals surface area contributed by atoms with Crippen LogP contribution in [0.2, 0.25) is 0 Å². The predicted molar refractivity (Wildman–Crippen MR) is 104 cm³/mol. The Labute approximate surface area is 175 Å². The number of alkyl halides is 3. The molecular formula is C20H19F3N4O4.